The molecular formula is C31H37N7O2S2. The molecule has 0 radical (unpaired) electrons. The molecule has 7 rings (SSSR count). The molecule has 42 heavy (non-hydrogen) atoms. The Morgan fingerprint density at radius 1 is 0.833 bits per heavy atom. The molecule has 0 spiro atoms. The third-order valence-corrected chi connectivity index (χ3v) is 11.0. The number of aryl methyl sites for hydroxylation is 1. The SMILES string of the molecule is Cc1c2nc(NCC(=O)N3CCN(C4CCCC4)CC3)sc2cc2sc(NCC(=O)N3CCc4ccccc4C3)nc12. The van der Waals surface area contributed by atoms with E-state index in [-0.39, 0.29) is 24.9 Å². The Hall–Kier alpha value is -3.28. The van der Waals surface area contributed by atoms with Crippen LogP contribution < -0.4 is 10.6 Å². The lowest BCUT2D eigenvalue weighted by Gasteiger charge is -2.38. The number of nitrogens with one attached hydrogen (secondary N) is 2. The highest BCUT2D eigenvalue weighted by Crippen LogP contribution is 2.37. The maximum absolute atomic E-state index is 12.9. The van der Waals surface area contributed by atoms with Crippen LogP contribution in [0.5, 0.6) is 0 Å². The minimum atomic E-state index is 0.0871. The molecule has 0 unspecified atom stereocenters. The van der Waals surface area contributed by atoms with Crippen LogP contribution in [0.15, 0.2) is 30.3 Å². The molecule has 1 saturated carbocycles. The number of thiazole rings is 2. The van der Waals surface area contributed by atoms with Crippen molar-refractivity contribution in [3.63, 3.8) is 0 Å². The predicted octanol–water partition coefficient (Wildman–Crippen LogP) is 4.71. The van der Waals surface area contributed by atoms with E-state index in [4.69, 9.17) is 9.97 Å². The molecule has 1 saturated heterocycles. The molecule has 2 N–H and O–H groups in total. The Morgan fingerprint density at radius 3 is 2.07 bits per heavy atom. The molecule has 3 aliphatic rings. The average molecular weight is 604 g/mol. The molecule has 2 fully saturated rings. The molecule has 2 aromatic heterocycles. The van der Waals surface area contributed by atoms with Crippen LogP contribution in [0.1, 0.15) is 42.4 Å². The molecule has 4 heterocycles. The van der Waals surface area contributed by atoms with Gasteiger partial charge in [-0.2, -0.15) is 0 Å². The average Bonchev–Trinajstić information content (AvgIpc) is 3.79. The minimum Gasteiger partial charge on any atom is -0.352 e. The molecule has 220 valence electrons. The lowest BCUT2D eigenvalue weighted by molar-refractivity contribution is -0.131. The Kier molecular flexibility index (Phi) is 7.72. The summed E-state index contributed by atoms with van der Waals surface area (Å²) in [5, 5.41) is 8.05. The van der Waals surface area contributed by atoms with Gasteiger partial charge in [0.2, 0.25) is 11.8 Å². The van der Waals surface area contributed by atoms with Crippen molar-refractivity contribution in [2.45, 2.75) is 51.6 Å². The van der Waals surface area contributed by atoms with E-state index in [1.807, 2.05) is 22.8 Å². The number of hydrogen-bond acceptors (Lipinski definition) is 9. The maximum atomic E-state index is 12.9. The van der Waals surface area contributed by atoms with Crippen LogP contribution in [0.4, 0.5) is 10.3 Å². The second-order valence-corrected chi connectivity index (χ2v) is 13.7. The number of amides is 2. The zero-order valence-electron chi connectivity index (χ0n) is 24.0. The van der Waals surface area contributed by atoms with Gasteiger partial charge in [0.15, 0.2) is 10.3 Å². The van der Waals surface area contributed by atoms with E-state index in [1.165, 1.54) is 36.8 Å². The summed E-state index contributed by atoms with van der Waals surface area (Å²) in [7, 11) is 0. The van der Waals surface area contributed by atoms with Gasteiger partial charge in [-0.3, -0.25) is 14.5 Å². The van der Waals surface area contributed by atoms with E-state index in [1.54, 1.807) is 22.7 Å². The Labute approximate surface area is 253 Å². The predicted molar refractivity (Wildman–Crippen MR) is 170 cm³/mol. The topological polar surface area (TPSA) is 93.7 Å². The fraction of sp³-hybridized carbons (Fsp3) is 0.484. The van der Waals surface area contributed by atoms with Gasteiger partial charge in [-0.25, -0.2) is 9.97 Å². The molecule has 0 bridgehead atoms. The largest absolute Gasteiger partial charge is 0.352 e. The molecule has 1 aliphatic carbocycles. The lowest BCUT2D eigenvalue weighted by atomic mass is 10.00. The molecule has 0 atom stereocenters. The maximum Gasteiger partial charge on any atom is 0.242 e. The Balaban J connectivity index is 0.950. The number of piperazine rings is 1. The van der Waals surface area contributed by atoms with Crippen LogP contribution in [0.3, 0.4) is 0 Å². The molecule has 2 aromatic carbocycles. The van der Waals surface area contributed by atoms with Crippen LogP contribution in [-0.2, 0) is 22.6 Å². The highest BCUT2D eigenvalue weighted by atomic mass is 32.1. The highest BCUT2D eigenvalue weighted by Gasteiger charge is 2.28. The number of aromatic nitrogens is 2. The van der Waals surface area contributed by atoms with E-state index in [2.05, 4.69) is 39.8 Å². The number of rotatable bonds is 7. The smallest absolute Gasteiger partial charge is 0.242 e. The van der Waals surface area contributed by atoms with E-state index < -0.39 is 0 Å². The van der Waals surface area contributed by atoms with Crippen molar-refractivity contribution >= 4 is 65.2 Å². The first kappa shape index (κ1) is 27.5. The number of carbonyl (C=O) groups excluding carboxylic acids is 2. The summed E-state index contributed by atoms with van der Waals surface area (Å²) < 4.78 is 2.13. The number of fused-ring (bicyclic) bond motifs is 3. The summed E-state index contributed by atoms with van der Waals surface area (Å²) in [6.07, 6.45) is 6.21. The van der Waals surface area contributed by atoms with E-state index in [0.29, 0.717) is 6.54 Å². The standard InChI is InChI=1S/C31H37N7O2S2/c1-20-28-24(41-30(34-28)32-17-26(39)37-14-12-36(13-15-37)23-8-4-5-9-23)16-25-29(20)35-31(42-25)33-18-27(40)38-11-10-21-6-2-3-7-22(21)19-38/h2-3,6-7,16,23H,4-5,8-15,17-19H2,1H3,(H,32,34)(H,33,35). The van der Waals surface area contributed by atoms with E-state index in [0.717, 1.165) is 81.4 Å². The zero-order valence-corrected chi connectivity index (χ0v) is 25.7. The third-order valence-electron chi connectivity index (χ3n) is 9.05. The summed E-state index contributed by atoms with van der Waals surface area (Å²) in [5.41, 5.74) is 5.40. The summed E-state index contributed by atoms with van der Waals surface area (Å²) in [6, 6.07) is 11.2. The number of carbonyl (C=O) groups is 2. The van der Waals surface area contributed by atoms with Crippen molar-refractivity contribution < 1.29 is 9.59 Å². The van der Waals surface area contributed by atoms with Gasteiger partial charge in [0.05, 0.1) is 33.5 Å². The normalized spacial score (nSPS) is 18.1. The van der Waals surface area contributed by atoms with Gasteiger partial charge >= 0.3 is 0 Å². The zero-order chi connectivity index (χ0) is 28.6. The number of nitrogens with zero attached hydrogens (tertiary/aromatic N) is 5. The van der Waals surface area contributed by atoms with Gasteiger partial charge in [-0.15, -0.1) is 0 Å². The highest BCUT2D eigenvalue weighted by molar-refractivity contribution is 7.24. The molecular weight excluding hydrogens is 567 g/mol. The monoisotopic (exact) mass is 603 g/mol. The first-order valence-corrected chi connectivity index (χ1v) is 16.7. The van der Waals surface area contributed by atoms with Gasteiger partial charge in [-0.1, -0.05) is 59.8 Å². The van der Waals surface area contributed by atoms with Crippen molar-refractivity contribution in [2.75, 3.05) is 56.4 Å². The van der Waals surface area contributed by atoms with Crippen LogP contribution in [0.2, 0.25) is 0 Å². The van der Waals surface area contributed by atoms with Crippen LogP contribution in [-0.4, -0.2) is 88.3 Å². The van der Waals surface area contributed by atoms with Gasteiger partial charge < -0.3 is 20.4 Å². The summed E-state index contributed by atoms with van der Waals surface area (Å²) in [4.78, 5) is 42.0. The lowest BCUT2D eigenvalue weighted by Crippen LogP contribution is -2.52. The number of benzene rings is 2. The summed E-state index contributed by atoms with van der Waals surface area (Å²) in [5.74, 6) is 0.225. The molecule has 4 aromatic rings. The minimum absolute atomic E-state index is 0.0871. The second kappa shape index (κ2) is 11.8. The Bertz CT molecular complexity index is 1620. The van der Waals surface area contributed by atoms with E-state index in [9.17, 15) is 9.59 Å². The van der Waals surface area contributed by atoms with Crippen molar-refractivity contribution in [1.82, 2.24) is 24.7 Å². The van der Waals surface area contributed by atoms with Crippen molar-refractivity contribution in [3.05, 3.63) is 47.0 Å². The fourth-order valence-electron chi connectivity index (χ4n) is 6.62. The summed E-state index contributed by atoms with van der Waals surface area (Å²) >= 11 is 3.13. The molecule has 2 aliphatic heterocycles. The van der Waals surface area contributed by atoms with Crippen LogP contribution in [0.25, 0.3) is 20.4 Å². The molecule has 2 amide bonds. The van der Waals surface area contributed by atoms with Crippen LogP contribution in [0, 0.1) is 6.92 Å². The fourth-order valence-corrected chi connectivity index (χ4v) is 8.62. The van der Waals surface area contributed by atoms with Gasteiger partial charge in [0, 0.05) is 50.9 Å². The first-order chi connectivity index (χ1) is 20.5. The van der Waals surface area contributed by atoms with E-state index >= 15 is 0 Å². The van der Waals surface area contributed by atoms with Gasteiger partial charge in [0.1, 0.15) is 0 Å². The van der Waals surface area contributed by atoms with Crippen molar-refractivity contribution in [2.24, 2.45) is 0 Å². The third kappa shape index (κ3) is 5.57. The van der Waals surface area contributed by atoms with Gasteiger partial charge in [-0.05, 0) is 43.4 Å². The number of hydrogen-bond donors (Lipinski definition) is 2. The number of anilines is 2. The quantitative estimate of drug-likeness (QED) is 0.316. The van der Waals surface area contributed by atoms with Crippen molar-refractivity contribution in [1.29, 1.82) is 0 Å². The second-order valence-electron chi connectivity index (χ2n) is 11.6. The molecule has 11 heteroatoms. The molecule has 9 nitrogen and oxygen atoms in total. The first-order valence-electron chi connectivity index (χ1n) is 15.1. The van der Waals surface area contributed by atoms with Crippen LogP contribution >= 0.6 is 22.7 Å². The summed E-state index contributed by atoms with van der Waals surface area (Å²) in [6.45, 7) is 7.54. The van der Waals surface area contributed by atoms with Gasteiger partial charge in [0.25, 0.3) is 0 Å². The Morgan fingerprint density at radius 2 is 1.43 bits per heavy atom. The van der Waals surface area contributed by atoms with Crippen molar-refractivity contribution in [3.8, 4) is 0 Å².